The summed E-state index contributed by atoms with van der Waals surface area (Å²) in [6.07, 6.45) is 6.35. The molecule has 1 saturated heterocycles. The summed E-state index contributed by atoms with van der Waals surface area (Å²) in [6, 6.07) is 12.8. The molecule has 2 unspecified atom stereocenters. The van der Waals surface area contributed by atoms with Gasteiger partial charge in [-0.05, 0) is 49.9 Å². The molecule has 2 amide bonds. The van der Waals surface area contributed by atoms with Crippen LogP contribution in [0.25, 0.3) is 0 Å². The number of primary amides is 1. The lowest BCUT2D eigenvalue weighted by atomic mass is 9.86. The highest BCUT2D eigenvalue weighted by Gasteiger charge is 2.54. The summed E-state index contributed by atoms with van der Waals surface area (Å²) in [5.74, 6) is 1.06. The number of β-lactam (4-membered cyclic amide) rings is 1. The van der Waals surface area contributed by atoms with Crippen LogP contribution in [0, 0.1) is 0 Å². The Morgan fingerprint density at radius 1 is 1.00 bits per heavy atom. The number of nitrogens with zero attached hydrogens (tertiary/aromatic N) is 1. The maximum absolute atomic E-state index is 13.1. The molecular weight excluding hydrogens is 436 g/mol. The molecule has 4 rings (SSSR count). The Morgan fingerprint density at radius 2 is 1.74 bits per heavy atom. The number of rotatable bonds is 11. The first-order valence-electron chi connectivity index (χ1n) is 12.1. The van der Waals surface area contributed by atoms with Crippen molar-refractivity contribution < 1.29 is 28.3 Å². The first kappa shape index (κ1) is 23.9. The average molecular weight is 469 g/mol. The fraction of sp³-hybridized carbons (Fsp3) is 0.500. The van der Waals surface area contributed by atoms with Crippen molar-refractivity contribution in [2.24, 2.45) is 5.73 Å². The lowest BCUT2D eigenvalue weighted by Crippen LogP contribution is -2.64. The van der Waals surface area contributed by atoms with Gasteiger partial charge in [-0.2, -0.15) is 0 Å². The van der Waals surface area contributed by atoms with Gasteiger partial charge in [0.15, 0.2) is 0 Å². The highest BCUT2D eigenvalue weighted by Crippen LogP contribution is 2.43. The Kier molecular flexibility index (Phi) is 7.87. The van der Waals surface area contributed by atoms with Gasteiger partial charge in [0.25, 0.3) is 5.91 Å². The van der Waals surface area contributed by atoms with E-state index < -0.39 is 6.10 Å². The Hall–Kier alpha value is -3.29. The molecule has 2 fully saturated rings. The van der Waals surface area contributed by atoms with Gasteiger partial charge >= 0.3 is 5.97 Å². The number of esters is 1. The van der Waals surface area contributed by atoms with Gasteiger partial charge in [0.2, 0.25) is 12.0 Å². The number of amides is 2. The van der Waals surface area contributed by atoms with Crippen LogP contribution in [0.5, 0.6) is 5.75 Å². The van der Waals surface area contributed by atoms with Gasteiger partial charge in [-0.25, -0.2) is 0 Å². The normalized spacial score (nSPS) is 20.6. The van der Waals surface area contributed by atoms with Crippen molar-refractivity contribution in [1.82, 2.24) is 4.90 Å². The summed E-state index contributed by atoms with van der Waals surface area (Å²) >= 11 is 0. The fourth-order valence-electron chi connectivity index (χ4n) is 4.72. The average Bonchev–Trinajstić information content (AvgIpc) is 3.31. The molecule has 2 aromatic rings. The van der Waals surface area contributed by atoms with Crippen LogP contribution in [-0.2, 0) is 25.7 Å². The number of hydrogen-bond acceptors (Lipinski definition) is 6. The number of hydrogen-bond donors (Lipinski definition) is 1. The molecule has 2 atom stereocenters. The summed E-state index contributed by atoms with van der Waals surface area (Å²) in [4.78, 5) is 37.8. The van der Waals surface area contributed by atoms with E-state index in [4.69, 9.17) is 19.6 Å². The predicted molar refractivity (Wildman–Crippen MR) is 123 cm³/mol. The lowest BCUT2D eigenvalue weighted by molar-refractivity contribution is -0.172. The van der Waals surface area contributed by atoms with Gasteiger partial charge < -0.3 is 24.5 Å². The lowest BCUT2D eigenvalue weighted by Gasteiger charge is -2.50. The number of ether oxygens (including phenoxy) is 2. The van der Waals surface area contributed by atoms with Crippen molar-refractivity contribution in [2.75, 3.05) is 0 Å². The number of furan rings is 1. The molecule has 0 bridgehead atoms. The summed E-state index contributed by atoms with van der Waals surface area (Å²) in [6.45, 7) is 0.0168. The quantitative estimate of drug-likeness (QED) is 0.303. The van der Waals surface area contributed by atoms with E-state index in [9.17, 15) is 14.4 Å². The van der Waals surface area contributed by atoms with Gasteiger partial charge in [-0.3, -0.25) is 14.4 Å². The predicted octanol–water partition coefficient (Wildman–Crippen LogP) is 4.03. The molecule has 2 aliphatic rings. The second-order valence-electron chi connectivity index (χ2n) is 8.97. The number of likely N-dealkylation sites (tertiary alicyclic amines) is 1. The molecule has 1 aliphatic carbocycles. The molecule has 182 valence electrons. The van der Waals surface area contributed by atoms with Crippen molar-refractivity contribution in [1.29, 1.82) is 0 Å². The van der Waals surface area contributed by atoms with Crippen LogP contribution < -0.4 is 10.5 Å². The van der Waals surface area contributed by atoms with E-state index in [0.29, 0.717) is 30.1 Å². The van der Waals surface area contributed by atoms with Crippen LogP contribution >= 0.6 is 0 Å². The number of unbranched alkanes of at least 4 members (excludes halogenated alkanes) is 1. The molecular formula is C26H32N2O6. The Bertz CT molecular complexity index is 982. The van der Waals surface area contributed by atoms with Crippen LogP contribution in [0.1, 0.15) is 75.3 Å². The van der Waals surface area contributed by atoms with Gasteiger partial charge in [-0.15, -0.1) is 0 Å². The second-order valence-corrected chi connectivity index (χ2v) is 8.97. The van der Waals surface area contributed by atoms with Crippen LogP contribution in [-0.4, -0.2) is 34.8 Å². The Labute approximate surface area is 199 Å². The SMILES string of the molecule is NC(=O)CCCCC(=O)OCc1ccc(C2C(Oc3ccccc3)C(=O)N2C2CCCCC2)o1. The highest BCUT2D eigenvalue weighted by molar-refractivity contribution is 5.89. The van der Waals surface area contributed by atoms with Crippen LogP contribution in [0.3, 0.4) is 0 Å². The van der Waals surface area contributed by atoms with Gasteiger partial charge in [0.1, 0.15) is 29.9 Å². The number of benzene rings is 1. The minimum absolute atomic E-state index is 0.0129. The van der Waals surface area contributed by atoms with Gasteiger partial charge in [0.05, 0.1) is 0 Å². The Balaban J connectivity index is 1.39. The molecule has 8 heteroatoms. The molecule has 8 nitrogen and oxygen atoms in total. The fourth-order valence-corrected chi connectivity index (χ4v) is 4.72. The van der Waals surface area contributed by atoms with Crippen LogP contribution in [0.4, 0.5) is 0 Å². The first-order valence-corrected chi connectivity index (χ1v) is 12.1. The monoisotopic (exact) mass is 468 g/mol. The smallest absolute Gasteiger partial charge is 0.306 e. The third-order valence-corrected chi connectivity index (χ3v) is 6.46. The number of nitrogens with two attached hydrogens (primary N) is 1. The zero-order valence-electron chi connectivity index (χ0n) is 19.3. The maximum Gasteiger partial charge on any atom is 0.306 e. The van der Waals surface area contributed by atoms with E-state index in [1.54, 1.807) is 6.07 Å². The van der Waals surface area contributed by atoms with Crippen molar-refractivity contribution in [3.8, 4) is 5.75 Å². The molecule has 2 N–H and O–H groups in total. The van der Waals surface area contributed by atoms with Crippen molar-refractivity contribution in [3.05, 3.63) is 54.0 Å². The van der Waals surface area contributed by atoms with Crippen molar-refractivity contribution in [3.63, 3.8) is 0 Å². The topological polar surface area (TPSA) is 112 Å². The summed E-state index contributed by atoms with van der Waals surface area (Å²) < 4.78 is 17.4. The van der Waals surface area contributed by atoms with Crippen molar-refractivity contribution >= 4 is 17.8 Å². The van der Waals surface area contributed by atoms with E-state index in [1.807, 2.05) is 41.3 Å². The van der Waals surface area contributed by atoms with Crippen molar-refractivity contribution in [2.45, 2.75) is 82.6 Å². The van der Waals surface area contributed by atoms with E-state index in [0.717, 1.165) is 25.7 Å². The zero-order chi connectivity index (χ0) is 23.9. The minimum atomic E-state index is -0.642. The molecule has 1 saturated carbocycles. The summed E-state index contributed by atoms with van der Waals surface area (Å²) in [5.41, 5.74) is 5.10. The highest BCUT2D eigenvalue weighted by atomic mass is 16.5. The van der Waals surface area contributed by atoms with E-state index in [-0.39, 0.29) is 49.3 Å². The molecule has 1 aromatic carbocycles. The van der Waals surface area contributed by atoms with Crippen LogP contribution in [0.15, 0.2) is 46.9 Å². The van der Waals surface area contributed by atoms with E-state index in [2.05, 4.69) is 0 Å². The summed E-state index contributed by atoms with van der Waals surface area (Å²) in [5, 5.41) is 0. The minimum Gasteiger partial charge on any atom is -0.478 e. The summed E-state index contributed by atoms with van der Waals surface area (Å²) in [7, 11) is 0. The Morgan fingerprint density at radius 3 is 2.47 bits per heavy atom. The molecule has 2 heterocycles. The standard InChI is InChI=1S/C26H32N2O6/c27-22(29)13-7-8-14-23(30)32-17-20-15-16-21(33-20)24-25(34-19-11-5-2-6-12-19)26(31)28(24)18-9-3-1-4-10-18/h2,5-6,11-12,15-16,18,24-25H,1,3-4,7-10,13-14,17H2,(H2,27,29). The number of para-hydroxylation sites is 1. The number of carbonyl (C=O) groups excluding carboxylic acids is 3. The van der Waals surface area contributed by atoms with E-state index in [1.165, 1.54) is 6.42 Å². The van der Waals surface area contributed by atoms with Gasteiger partial charge in [-0.1, -0.05) is 37.5 Å². The molecule has 0 spiro atoms. The van der Waals surface area contributed by atoms with Gasteiger partial charge in [0, 0.05) is 18.9 Å². The largest absolute Gasteiger partial charge is 0.478 e. The molecule has 0 radical (unpaired) electrons. The van der Waals surface area contributed by atoms with Crippen LogP contribution in [0.2, 0.25) is 0 Å². The zero-order valence-corrected chi connectivity index (χ0v) is 19.3. The molecule has 34 heavy (non-hydrogen) atoms. The third-order valence-electron chi connectivity index (χ3n) is 6.46. The third kappa shape index (κ3) is 5.79. The number of carbonyl (C=O) groups is 3. The maximum atomic E-state index is 13.1. The molecule has 1 aliphatic heterocycles. The second kappa shape index (κ2) is 11.2. The van der Waals surface area contributed by atoms with E-state index >= 15 is 0 Å². The first-order chi connectivity index (χ1) is 16.5. The molecule has 1 aromatic heterocycles.